The van der Waals surface area contributed by atoms with Crippen LogP contribution in [0.1, 0.15) is 6.42 Å². The van der Waals surface area contributed by atoms with Crippen LogP contribution in [0.5, 0.6) is 0 Å². The lowest BCUT2D eigenvalue weighted by Gasteiger charge is -2.09. The lowest BCUT2D eigenvalue weighted by Crippen LogP contribution is -2.31. The number of rotatable bonds is 6. The van der Waals surface area contributed by atoms with E-state index in [9.17, 15) is 18.4 Å². The number of carboxylic acid groups (broad SMARTS) is 1. The number of carbonyl (C=O) groups is 2. The summed E-state index contributed by atoms with van der Waals surface area (Å²) in [6.07, 6.45) is -0.0274. The third-order valence-corrected chi connectivity index (χ3v) is 2.15. The van der Waals surface area contributed by atoms with Crippen LogP contribution in [0.15, 0.2) is 0 Å². The number of primary amides is 1. The summed E-state index contributed by atoms with van der Waals surface area (Å²) in [5.74, 6) is -7.21. The summed E-state index contributed by atoms with van der Waals surface area (Å²) >= 11 is 0.685. The summed E-state index contributed by atoms with van der Waals surface area (Å²) in [7, 11) is 0. The van der Waals surface area contributed by atoms with Crippen molar-refractivity contribution in [3.63, 3.8) is 0 Å². The van der Waals surface area contributed by atoms with Gasteiger partial charge in [0.05, 0.1) is 5.75 Å². The molecular weight excluding hydrogens is 204 g/mol. The molecule has 3 N–H and O–H groups in total. The van der Waals surface area contributed by atoms with Crippen LogP contribution in [0.3, 0.4) is 0 Å². The van der Waals surface area contributed by atoms with Gasteiger partial charge in [0.25, 0.3) is 0 Å². The van der Waals surface area contributed by atoms with Gasteiger partial charge < -0.3 is 10.8 Å². The van der Waals surface area contributed by atoms with Crippen molar-refractivity contribution in [3.05, 3.63) is 0 Å². The third-order valence-electron chi connectivity index (χ3n) is 1.09. The zero-order chi connectivity index (χ0) is 10.5. The Bertz CT molecular complexity index is 210. The van der Waals surface area contributed by atoms with Crippen LogP contribution in [0.4, 0.5) is 8.78 Å². The number of carbonyl (C=O) groups excluding carboxylic acids is 1. The second-order valence-electron chi connectivity index (χ2n) is 2.28. The number of thioether (sulfide) groups is 1. The first-order valence-electron chi connectivity index (χ1n) is 3.33. The van der Waals surface area contributed by atoms with E-state index in [0.717, 1.165) is 0 Å². The first kappa shape index (κ1) is 12.2. The molecular formula is C6H9F2NO3S. The zero-order valence-electron chi connectivity index (χ0n) is 6.63. The molecule has 0 spiro atoms. The van der Waals surface area contributed by atoms with Crippen molar-refractivity contribution in [2.75, 3.05) is 11.5 Å². The number of halogens is 2. The summed E-state index contributed by atoms with van der Waals surface area (Å²) < 4.78 is 24.7. The lowest BCUT2D eigenvalue weighted by molar-refractivity contribution is -0.161. The Morgan fingerprint density at radius 3 is 2.38 bits per heavy atom. The fraction of sp³-hybridized carbons (Fsp3) is 0.667. The Balaban J connectivity index is 3.64. The van der Waals surface area contributed by atoms with Gasteiger partial charge in [0.2, 0.25) is 5.91 Å². The van der Waals surface area contributed by atoms with Crippen molar-refractivity contribution in [3.8, 4) is 0 Å². The highest BCUT2D eigenvalue weighted by molar-refractivity contribution is 7.99. The minimum atomic E-state index is -3.73. The molecule has 7 heteroatoms. The van der Waals surface area contributed by atoms with Gasteiger partial charge in [0, 0.05) is 12.2 Å². The van der Waals surface area contributed by atoms with Crippen LogP contribution in [-0.4, -0.2) is 34.4 Å². The summed E-state index contributed by atoms with van der Waals surface area (Å²) in [4.78, 5) is 20.1. The van der Waals surface area contributed by atoms with Crippen molar-refractivity contribution in [2.45, 2.75) is 12.3 Å². The van der Waals surface area contributed by atoms with E-state index >= 15 is 0 Å². The number of nitrogens with two attached hydrogens (primary N) is 1. The maximum absolute atomic E-state index is 12.3. The summed E-state index contributed by atoms with van der Waals surface area (Å²) in [5, 5.41) is 7.99. The molecule has 0 aliphatic rings. The molecule has 0 aromatic rings. The SMILES string of the molecule is NC(=O)CCSCC(F)(F)C(=O)O. The monoisotopic (exact) mass is 213 g/mol. The minimum absolute atomic E-state index is 0.0274. The molecule has 0 aromatic heterocycles. The van der Waals surface area contributed by atoms with E-state index in [4.69, 9.17) is 10.8 Å². The van der Waals surface area contributed by atoms with Gasteiger partial charge in [-0.05, 0) is 0 Å². The predicted octanol–water partition coefficient (Wildman–Crippen LogP) is 0.315. The van der Waals surface area contributed by atoms with Crippen LogP contribution < -0.4 is 5.73 Å². The molecule has 0 aromatic carbocycles. The first-order valence-corrected chi connectivity index (χ1v) is 4.49. The quantitative estimate of drug-likeness (QED) is 0.622. The van der Waals surface area contributed by atoms with E-state index in [2.05, 4.69) is 0 Å². The van der Waals surface area contributed by atoms with E-state index in [1.807, 2.05) is 0 Å². The summed E-state index contributed by atoms with van der Waals surface area (Å²) in [5.41, 5.74) is 4.75. The molecule has 0 heterocycles. The van der Waals surface area contributed by atoms with Gasteiger partial charge in [-0.1, -0.05) is 0 Å². The first-order chi connectivity index (χ1) is 5.86. The van der Waals surface area contributed by atoms with Crippen LogP contribution in [0, 0.1) is 0 Å². The molecule has 0 atom stereocenters. The van der Waals surface area contributed by atoms with E-state index in [-0.39, 0.29) is 12.2 Å². The largest absolute Gasteiger partial charge is 0.477 e. The van der Waals surface area contributed by atoms with E-state index in [1.165, 1.54) is 0 Å². The summed E-state index contributed by atoms with van der Waals surface area (Å²) in [6, 6.07) is 0. The minimum Gasteiger partial charge on any atom is -0.477 e. The third kappa shape index (κ3) is 5.40. The Kier molecular flexibility index (Phi) is 4.68. The number of amides is 1. The Hall–Kier alpha value is -0.850. The fourth-order valence-corrected chi connectivity index (χ4v) is 1.30. The van der Waals surface area contributed by atoms with E-state index < -0.39 is 23.6 Å². The molecule has 0 saturated carbocycles. The molecule has 0 unspecified atom stereocenters. The van der Waals surface area contributed by atoms with E-state index in [1.54, 1.807) is 0 Å². The maximum atomic E-state index is 12.3. The molecule has 0 aliphatic carbocycles. The van der Waals surface area contributed by atoms with Crippen molar-refractivity contribution >= 4 is 23.6 Å². The van der Waals surface area contributed by atoms with Crippen molar-refractivity contribution in [1.82, 2.24) is 0 Å². The second-order valence-corrected chi connectivity index (χ2v) is 3.38. The van der Waals surface area contributed by atoms with Gasteiger partial charge in [-0.3, -0.25) is 4.79 Å². The van der Waals surface area contributed by atoms with Gasteiger partial charge in [0.1, 0.15) is 0 Å². The Morgan fingerprint density at radius 2 is 2.00 bits per heavy atom. The van der Waals surface area contributed by atoms with Gasteiger partial charge >= 0.3 is 11.9 Å². The van der Waals surface area contributed by atoms with Crippen LogP contribution in [0.2, 0.25) is 0 Å². The Morgan fingerprint density at radius 1 is 1.46 bits per heavy atom. The molecule has 0 rings (SSSR count). The number of hydrogen-bond donors (Lipinski definition) is 2. The molecule has 0 saturated heterocycles. The standard InChI is InChI=1S/C6H9F2NO3S/c7-6(8,5(11)12)3-13-2-1-4(9)10/h1-3H2,(H2,9,10)(H,11,12). The van der Waals surface area contributed by atoms with Gasteiger partial charge in [-0.25, -0.2) is 4.79 Å². The topological polar surface area (TPSA) is 80.4 Å². The predicted molar refractivity (Wildman–Crippen MR) is 43.7 cm³/mol. The summed E-state index contributed by atoms with van der Waals surface area (Å²) in [6.45, 7) is 0. The smallest absolute Gasteiger partial charge is 0.375 e. The normalized spacial score (nSPS) is 11.2. The average molecular weight is 213 g/mol. The van der Waals surface area contributed by atoms with Crippen LogP contribution >= 0.6 is 11.8 Å². The molecule has 0 radical (unpaired) electrons. The second kappa shape index (κ2) is 5.00. The maximum Gasteiger partial charge on any atom is 0.375 e. The van der Waals surface area contributed by atoms with Crippen molar-refractivity contribution < 1.29 is 23.5 Å². The van der Waals surface area contributed by atoms with Crippen LogP contribution in [0.25, 0.3) is 0 Å². The number of alkyl halides is 2. The van der Waals surface area contributed by atoms with Gasteiger partial charge in [0.15, 0.2) is 0 Å². The zero-order valence-corrected chi connectivity index (χ0v) is 7.44. The van der Waals surface area contributed by atoms with Gasteiger partial charge in [-0.2, -0.15) is 20.5 Å². The molecule has 76 valence electrons. The number of aliphatic carboxylic acids is 1. The van der Waals surface area contributed by atoms with Crippen molar-refractivity contribution in [1.29, 1.82) is 0 Å². The number of hydrogen-bond acceptors (Lipinski definition) is 3. The molecule has 0 fully saturated rings. The molecule has 1 amide bonds. The number of carboxylic acids is 1. The molecule has 4 nitrogen and oxygen atoms in total. The van der Waals surface area contributed by atoms with E-state index in [0.29, 0.717) is 11.8 Å². The van der Waals surface area contributed by atoms with Crippen LogP contribution in [-0.2, 0) is 9.59 Å². The lowest BCUT2D eigenvalue weighted by atomic mass is 10.4. The highest BCUT2D eigenvalue weighted by Gasteiger charge is 2.38. The Labute approximate surface area is 77.5 Å². The fourth-order valence-electron chi connectivity index (χ4n) is 0.435. The molecule has 13 heavy (non-hydrogen) atoms. The highest BCUT2D eigenvalue weighted by atomic mass is 32.2. The van der Waals surface area contributed by atoms with Crippen molar-refractivity contribution in [2.24, 2.45) is 5.73 Å². The average Bonchev–Trinajstić information content (AvgIpc) is 1.97. The molecule has 0 bridgehead atoms. The van der Waals surface area contributed by atoms with Gasteiger partial charge in [-0.15, -0.1) is 0 Å². The molecule has 0 aliphatic heterocycles. The highest BCUT2D eigenvalue weighted by Crippen LogP contribution is 2.20.